The van der Waals surface area contributed by atoms with Crippen molar-refractivity contribution in [1.82, 2.24) is 21.3 Å². The first-order valence-corrected chi connectivity index (χ1v) is 31.3. The van der Waals surface area contributed by atoms with Crippen LogP contribution >= 0.6 is 0 Å². The van der Waals surface area contributed by atoms with Gasteiger partial charge in [-0.25, -0.2) is 0 Å². The quantitative estimate of drug-likeness (QED) is 0.0252. The fraction of sp³-hybridized carbons (Fsp3) is 0.930. The summed E-state index contributed by atoms with van der Waals surface area (Å²) in [4.78, 5) is 47.5. The predicted octanol–water partition coefficient (Wildman–Crippen LogP) is -7.90. The lowest BCUT2D eigenvalue weighted by molar-refractivity contribution is -0.272. The van der Waals surface area contributed by atoms with Crippen molar-refractivity contribution < 1.29 is 155 Å². The van der Waals surface area contributed by atoms with Crippen molar-refractivity contribution in [2.45, 2.75) is 157 Å². The van der Waals surface area contributed by atoms with E-state index in [0.717, 1.165) is 0 Å². The molecule has 20 atom stereocenters. The van der Waals surface area contributed by atoms with Crippen molar-refractivity contribution >= 4 is 23.6 Å². The van der Waals surface area contributed by atoms with Gasteiger partial charge in [0.1, 0.15) is 91.4 Å². The summed E-state index contributed by atoms with van der Waals surface area (Å²) in [6.07, 6.45) is -18.0. The van der Waals surface area contributed by atoms with Gasteiger partial charge in [-0.2, -0.15) is 0 Å². The fourth-order valence-corrected chi connectivity index (χ4v) is 10.0. The number of aliphatic hydroxyl groups excluding tert-OH is 9. The molecule has 0 radical (unpaired) electrons. The number of aliphatic hydroxyl groups is 9. The van der Waals surface area contributed by atoms with Crippen LogP contribution in [0.5, 0.6) is 0 Å². The Balaban J connectivity index is 1.16. The Morgan fingerprint density at radius 2 is 0.538 bits per heavy atom. The average molecular weight is 1360 g/mol. The Morgan fingerprint density at radius 1 is 0.301 bits per heavy atom. The standard InChI is InChI=1S/C57H104N4O32/c1-34-43(58-35(2)65)54(86-26-21-80-14-9-77-12-17-83-24-29-89-57-46(61-38(5)68)52(74)49(71)41(32-64)93-57)53(85-25-20-79-13-8-76-11-16-82-23-28-88-56-45(60-37(4)67)51(73)48(70)40(31-63)92-56)42(90-34)33-84-19-18-78-7-6-75-10-15-81-22-27-87-55-44(59-36(3)66)50(72)47(69)39(30-62)91-55/h34,39-57,62-64,69-74H,6-33H2,1-5H3,(H,58,65)(H,59,66)(H,60,67)(H,61,68). The van der Waals surface area contributed by atoms with Crippen molar-refractivity contribution in [3.05, 3.63) is 0 Å². The number of ether oxygens (including phenoxy) is 19. The summed E-state index contributed by atoms with van der Waals surface area (Å²) in [7, 11) is 0. The van der Waals surface area contributed by atoms with Gasteiger partial charge in [0.2, 0.25) is 23.6 Å². The highest BCUT2D eigenvalue weighted by Crippen LogP contribution is 2.28. The third-order valence-electron chi connectivity index (χ3n) is 14.6. The van der Waals surface area contributed by atoms with E-state index < -0.39 is 160 Å². The molecule has 36 nitrogen and oxygen atoms in total. The highest BCUT2D eigenvalue weighted by molar-refractivity contribution is 5.74. The molecule has 0 saturated carbocycles. The van der Waals surface area contributed by atoms with Gasteiger partial charge in [-0.05, 0) is 6.92 Å². The zero-order chi connectivity index (χ0) is 67.9. The minimum atomic E-state index is -1.43. The molecular formula is C57H104N4O32. The van der Waals surface area contributed by atoms with Gasteiger partial charge in [0.15, 0.2) is 18.9 Å². The van der Waals surface area contributed by atoms with Gasteiger partial charge >= 0.3 is 0 Å². The van der Waals surface area contributed by atoms with Gasteiger partial charge in [0.25, 0.3) is 0 Å². The predicted molar refractivity (Wildman–Crippen MR) is 314 cm³/mol. The van der Waals surface area contributed by atoms with Gasteiger partial charge in [0, 0.05) is 27.7 Å². The molecule has 544 valence electrons. The maximum Gasteiger partial charge on any atom is 0.217 e. The lowest BCUT2D eigenvalue weighted by atomic mass is 9.93. The summed E-state index contributed by atoms with van der Waals surface area (Å²) in [5, 5.41) is 101. The summed E-state index contributed by atoms with van der Waals surface area (Å²) in [5.41, 5.74) is 0. The largest absolute Gasteiger partial charge is 0.394 e. The van der Waals surface area contributed by atoms with E-state index in [1.54, 1.807) is 6.92 Å². The molecule has 0 spiro atoms. The number of carbonyl (C=O) groups is 4. The zero-order valence-electron chi connectivity index (χ0n) is 53.8. The molecule has 0 aromatic rings. The van der Waals surface area contributed by atoms with E-state index in [1.807, 2.05) is 0 Å². The fourth-order valence-electron chi connectivity index (χ4n) is 10.0. The summed E-state index contributed by atoms with van der Waals surface area (Å²) in [6, 6.07) is -3.84. The van der Waals surface area contributed by atoms with Crippen molar-refractivity contribution in [2.24, 2.45) is 0 Å². The van der Waals surface area contributed by atoms with Gasteiger partial charge in [0.05, 0.1) is 197 Å². The smallest absolute Gasteiger partial charge is 0.217 e. The molecule has 4 amide bonds. The number of amides is 4. The van der Waals surface area contributed by atoms with Crippen LogP contribution in [-0.4, -0.2) is 377 Å². The van der Waals surface area contributed by atoms with Crippen LogP contribution in [0.15, 0.2) is 0 Å². The molecule has 0 aliphatic carbocycles. The topological polar surface area (TPSA) is 474 Å². The number of rotatable bonds is 50. The number of hydrogen-bond acceptors (Lipinski definition) is 32. The van der Waals surface area contributed by atoms with Crippen LogP contribution in [0.2, 0.25) is 0 Å². The normalized spacial score (nSPS) is 31.5. The second-order valence-corrected chi connectivity index (χ2v) is 21.8. The van der Waals surface area contributed by atoms with Crippen LogP contribution in [0.4, 0.5) is 0 Å². The summed E-state index contributed by atoms with van der Waals surface area (Å²) in [5.74, 6) is -1.72. The van der Waals surface area contributed by atoms with Crippen molar-refractivity contribution in [1.29, 1.82) is 0 Å². The second-order valence-electron chi connectivity index (χ2n) is 21.8. The van der Waals surface area contributed by atoms with Crippen LogP contribution in [0.1, 0.15) is 34.6 Å². The van der Waals surface area contributed by atoms with Crippen LogP contribution in [0, 0.1) is 0 Å². The van der Waals surface area contributed by atoms with Gasteiger partial charge in [-0.1, -0.05) is 0 Å². The van der Waals surface area contributed by atoms with E-state index in [9.17, 15) is 65.1 Å². The summed E-state index contributed by atoms with van der Waals surface area (Å²) in [6.45, 7) is 9.31. The lowest BCUT2D eigenvalue weighted by Crippen LogP contribution is -2.65. The molecule has 0 aromatic heterocycles. The maximum atomic E-state index is 12.5. The molecule has 4 aliphatic rings. The summed E-state index contributed by atoms with van der Waals surface area (Å²) < 4.78 is 110. The first kappa shape index (κ1) is 82.2. The number of hydrogen-bond donors (Lipinski definition) is 13. The first-order chi connectivity index (χ1) is 44.8. The van der Waals surface area contributed by atoms with Gasteiger partial charge in [-0.15, -0.1) is 0 Å². The molecule has 36 heteroatoms. The molecule has 4 rings (SSSR count). The Hall–Kier alpha value is -3.24. The molecule has 4 aliphatic heterocycles. The van der Waals surface area contributed by atoms with Crippen molar-refractivity contribution in [3.8, 4) is 0 Å². The minimum absolute atomic E-state index is 0.00846. The lowest BCUT2D eigenvalue weighted by Gasteiger charge is -2.45. The molecule has 93 heavy (non-hydrogen) atoms. The molecule has 4 heterocycles. The van der Waals surface area contributed by atoms with Crippen LogP contribution in [-0.2, 0) is 109 Å². The van der Waals surface area contributed by atoms with E-state index in [0.29, 0.717) is 0 Å². The SMILES string of the molecule is CC(=O)NC1C(OCCOCCOCCOCCOCC2OC(C)C(NC(C)=O)C(OCCOCCOCCOCCOC3OC(CO)C(O)C(O)C3NC(C)=O)C2OCCOCCOCCOCCOC2OC(CO)C(O)C(O)C2NC(C)=O)OC(CO)C(O)C1O. The molecule has 4 fully saturated rings. The molecular weight excluding hydrogens is 1250 g/mol. The van der Waals surface area contributed by atoms with Crippen LogP contribution < -0.4 is 21.3 Å². The Kier molecular flexibility index (Phi) is 42.1. The zero-order valence-corrected chi connectivity index (χ0v) is 53.8. The van der Waals surface area contributed by atoms with E-state index in [4.69, 9.17) is 90.0 Å². The first-order valence-electron chi connectivity index (χ1n) is 31.3. The molecule has 0 bridgehead atoms. The Bertz CT molecular complexity index is 2000. The highest BCUT2D eigenvalue weighted by Gasteiger charge is 2.49. The highest BCUT2D eigenvalue weighted by atomic mass is 16.7. The van der Waals surface area contributed by atoms with Gasteiger partial charge < -0.3 is 157 Å². The van der Waals surface area contributed by atoms with Crippen LogP contribution in [0.3, 0.4) is 0 Å². The molecule has 4 saturated heterocycles. The molecule has 20 unspecified atom stereocenters. The molecule has 13 N–H and O–H groups in total. The Morgan fingerprint density at radius 3 is 0.806 bits per heavy atom. The summed E-state index contributed by atoms with van der Waals surface area (Å²) >= 11 is 0. The number of nitrogens with one attached hydrogen (secondary N) is 4. The second kappa shape index (κ2) is 47.7. The monoisotopic (exact) mass is 1360 g/mol. The third-order valence-corrected chi connectivity index (χ3v) is 14.6. The minimum Gasteiger partial charge on any atom is -0.394 e. The maximum absolute atomic E-state index is 12.5. The van der Waals surface area contributed by atoms with Crippen LogP contribution in [0.25, 0.3) is 0 Å². The Labute approximate surface area is 540 Å². The molecule has 0 aromatic carbocycles. The van der Waals surface area contributed by atoms with E-state index in [-0.39, 0.29) is 171 Å². The third kappa shape index (κ3) is 30.6. The average Bonchev–Trinajstić information content (AvgIpc) is 0.860. The van der Waals surface area contributed by atoms with Gasteiger partial charge in [-0.3, -0.25) is 19.2 Å². The number of carbonyl (C=O) groups excluding carboxylic acids is 4. The van der Waals surface area contributed by atoms with E-state index >= 15 is 0 Å². The van der Waals surface area contributed by atoms with E-state index in [2.05, 4.69) is 21.3 Å². The van der Waals surface area contributed by atoms with Crippen molar-refractivity contribution in [3.63, 3.8) is 0 Å². The van der Waals surface area contributed by atoms with Crippen molar-refractivity contribution in [2.75, 3.05) is 185 Å². The van der Waals surface area contributed by atoms with E-state index in [1.165, 1.54) is 27.7 Å².